The van der Waals surface area contributed by atoms with Crippen molar-refractivity contribution in [3.63, 3.8) is 0 Å². The van der Waals surface area contributed by atoms with Crippen molar-refractivity contribution in [1.29, 1.82) is 0 Å². The highest BCUT2D eigenvalue weighted by atomic mass is 79.9. The van der Waals surface area contributed by atoms with Gasteiger partial charge in [0, 0.05) is 10.0 Å². The van der Waals surface area contributed by atoms with E-state index < -0.39 is 23.6 Å². The van der Waals surface area contributed by atoms with E-state index in [0.29, 0.717) is 15.7 Å². The Morgan fingerprint density at radius 1 is 1.06 bits per heavy atom. The van der Waals surface area contributed by atoms with Crippen LogP contribution in [0.4, 0.5) is 10.1 Å². The molecule has 0 aliphatic carbocycles. The van der Waals surface area contributed by atoms with Gasteiger partial charge >= 0.3 is 17.8 Å². The number of nitrogens with one attached hydrogen (secondary N) is 2. The first kappa shape index (κ1) is 23.7. The molecule has 0 fully saturated rings. The minimum atomic E-state index is -1.09. The Morgan fingerprint density at radius 2 is 1.85 bits per heavy atom. The van der Waals surface area contributed by atoms with Gasteiger partial charge in [-0.3, -0.25) is 9.59 Å². The molecule has 3 rings (SSSR count). The molecule has 0 bridgehead atoms. The molecule has 0 unspecified atom stereocenters. The lowest BCUT2D eigenvalue weighted by Crippen LogP contribution is -2.33. The number of hydrogen-bond donors (Lipinski definition) is 2. The smallest absolute Gasteiger partial charge is 0.379 e. The van der Waals surface area contributed by atoms with Gasteiger partial charge in [0.25, 0.3) is 0 Å². The average Bonchev–Trinajstić information content (AvgIpc) is 3.34. The van der Waals surface area contributed by atoms with Gasteiger partial charge in [-0.1, -0.05) is 15.9 Å². The highest BCUT2D eigenvalue weighted by Gasteiger charge is 2.17. The molecule has 170 valence electrons. The molecule has 11 heteroatoms. The molecule has 9 nitrogen and oxygen atoms in total. The average molecular weight is 518 g/mol. The number of carbonyl (C=O) groups excluding carboxylic acids is 3. The molecule has 33 heavy (non-hydrogen) atoms. The van der Waals surface area contributed by atoms with E-state index >= 15 is 0 Å². The summed E-state index contributed by atoms with van der Waals surface area (Å²) in [5.74, 6) is -3.17. The summed E-state index contributed by atoms with van der Waals surface area (Å²) in [6, 6.07) is 11.6. The number of benzene rings is 2. The van der Waals surface area contributed by atoms with Gasteiger partial charge in [0.1, 0.15) is 5.82 Å². The first-order valence-corrected chi connectivity index (χ1v) is 10.1. The van der Waals surface area contributed by atoms with E-state index in [9.17, 15) is 18.8 Å². The van der Waals surface area contributed by atoms with Gasteiger partial charge in [0.05, 0.1) is 24.8 Å². The second-order valence-electron chi connectivity index (χ2n) is 6.45. The van der Waals surface area contributed by atoms with Crippen molar-refractivity contribution in [3.05, 3.63) is 76.4 Å². The summed E-state index contributed by atoms with van der Waals surface area (Å²) in [6.07, 6.45) is 1.35. The normalized spacial score (nSPS) is 11.0. The molecule has 0 aliphatic heterocycles. The lowest BCUT2D eigenvalue weighted by molar-refractivity contribution is -0.136. The zero-order chi connectivity index (χ0) is 24.0. The molecule has 1 aromatic heterocycles. The van der Waals surface area contributed by atoms with Gasteiger partial charge in [-0.15, -0.1) is 0 Å². The summed E-state index contributed by atoms with van der Waals surface area (Å²) >= 11 is 3.10. The van der Waals surface area contributed by atoms with Gasteiger partial charge in [-0.05, 0) is 55.5 Å². The van der Waals surface area contributed by atoms with Crippen LogP contribution in [0.1, 0.15) is 23.0 Å². The third-order valence-electron chi connectivity index (χ3n) is 4.22. The van der Waals surface area contributed by atoms with Crippen molar-refractivity contribution in [2.45, 2.75) is 6.92 Å². The predicted molar refractivity (Wildman–Crippen MR) is 120 cm³/mol. The Balaban J connectivity index is 1.66. The fourth-order valence-corrected chi connectivity index (χ4v) is 2.87. The van der Waals surface area contributed by atoms with Gasteiger partial charge < -0.3 is 19.2 Å². The van der Waals surface area contributed by atoms with Crippen molar-refractivity contribution in [3.8, 4) is 11.5 Å². The first-order valence-electron chi connectivity index (χ1n) is 9.33. The van der Waals surface area contributed by atoms with Crippen LogP contribution in [0.25, 0.3) is 0 Å². The molecule has 2 N–H and O–H groups in total. The summed E-state index contributed by atoms with van der Waals surface area (Å²) in [5.41, 5.74) is 2.80. The highest BCUT2D eigenvalue weighted by molar-refractivity contribution is 9.10. The van der Waals surface area contributed by atoms with Crippen molar-refractivity contribution < 1.29 is 32.7 Å². The van der Waals surface area contributed by atoms with Gasteiger partial charge in [0.15, 0.2) is 11.5 Å². The van der Waals surface area contributed by atoms with E-state index in [2.05, 4.69) is 31.8 Å². The number of halogens is 2. The van der Waals surface area contributed by atoms with Crippen LogP contribution in [0.2, 0.25) is 0 Å². The van der Waals surface area contributed by atoms with Crippen molar-refractivity contribution in [2.24, 2.45) is 5.10 Å². The number of hydrogen-bond acceptors (Lipinski definition) is 7. The number of methoxy groups -OCH3 is 1. The third-order valence-corrected chi connectivity index (χ3v) is 4.71. The third kappa shape index (κ3) is 6.04. The largest absolute Gasteiger partial charge is 0.493 e. The molecule has 0 aliphatic rings. The maximum absolute atomic E-state index is 13.8. The number of anilines is 1. The van der Waals surface area contributed by atoms with Crippen LogP contribution in [0.3, 0.4) is 0 Å². The SMILES string of the molecule is COc1cc(/C(C)=N/NC(=O)C(=O)Nc2ccc(Br)cc2F)ccc1OC(=O)c1ccco1. The fourth-order valence-electron chi connectivity index (χ4n) is 2.54. The number of carbonyl (C=O) groups is 3. The second kappa shape index (κ2) is 10.6. The van der Waals surface area contributed by atoms with Crippen LogP contribution in [0.15, 0.2) is 68.8 Å². The van der Waals surface area contributed by atoms with E-state index in [1.54, 1.807) is 19.1 Å². The molecule has 0 radical (unpaired) electrons. The number of hydrazone groups is 1. The van der Waals surface area contributed by atoms with E-state index in [4.69, 9.17) is 13.9 Å². The van der Waals surface area contributed by atoms with Crippen LogP contribution >= 0.6 is 15.9 Å². The summed E-state index contributed by atoms with van der Waals surface area (Å²) in [6.45, 7) is 1.58. The van der Waals surface area contributed by atoms with Crippen molar-refractivity contribution in [1.82, 2.24) is 5.43 Å². The standard InChI is InChI=1S/C22H17BrFN3O6/c1-12(26-27-21(29)20(28)25-16-7-6-14(23)11-15(16)24)13-5-8-17(19(10-13)31-2)33-22(30)18-4-3-9-32-18/h3-11H,1-2H3,(H,25,28)(H,27,29)/b26-12+. The summed E-state index contributed by atoms with van der Waals surface area (Å²) in [7, 11) is 1.39. The summed E-state index contributed by atoms with van der Waals surface area (Å²) < 4.78 is 29.8. The number of ether oxygens (including phenoxy) is 2. The molecular weight excluding hydrogens is 501 g/mol. The molecule has 2 amide bonds. The van der Waals surface area contributed by atoms with Crippen LogP contribution in [-0.4, -0.2) is 30.6 Å². The van der Waals surface area contributed by atoms with E-state index in [1.807, 2.05) is 0 Å². The van der Waals surface area contributed by atoms with Gasteiger partial charge in [0.2, 0.25) is 5.76 Å². The lowest BCUT2D eigenvalue weighted by Gasteiger charge is -2.10. The minimum absolute atomic E-state index is 0.0304. The Labute approximate surface area is 195 Å². The number of furan rings is 1. The molecule has 0 saturated heterocycles. The number of esters is 1. The monoisotopic (exact) mass is 517 g/mol. The minimum Gasteiger partial charge on any atom is -0.493 e. The Hall–Kier alpha value is -3.99. The fraction of sp³-hybridized carbons (Fsp3) is 0.0909. The topological polar surface area (TPSA) is 119 Å². The molecular formula is C22H17BrFN3O6. The molecule has 1 heterocycles. The van der Waals surface area contributed by atoms with Crippen molar-refractivity contribution in [2.75, 3.05) is 12.4 Å². The van der Waals surface area contributed by atoms with Crippen LogP contribution in [-0.2, 0) is 9.59 Å². The zero-order valence-corrected chi connectivity index (χ0v) is 18.9. The summed E-state index contributed by atoms with van der Waals surface area (Å²) in [5, 5.41) is 6.04. The van der Waals surface area contributed by atoms with Crippen molar-refractivity contribution >= 4 is 45.1 Å². The maximum Gasteiger partial charge on any atom is 0.379 e. The molecule has 0 spiro atoms. The molecule has 0 atom stereocenters. The number of nitrogens with zero attached hydrogens (tertiary/aromatic N) is 1. The zero-order valence-electron chi connectivity index (χ0n) is 17.3. The first-order chi connectivity index (χ1) is 15.8. The quantitative estimate of drug-likeness (QED) is 0.168. The summed E-state index contributed by atoms with van der Waals surface area (Å²) in [4.78, 5) is 36.1. The second-order valence-corrected chi connectivity index (χ2v) is 7.36. The Bertz CT molecular complexity index is 1230. The molecule has 2 aromatic carbocycles. The lowest BCUT2D eigenvalue weighted by atomic mass is 10.1. The highest BCUT2D eigenvalue weighted by Crippen LogP contribution is 2.29. The molecule has 0 saturated carbocycles. The van der Waals surface area contributed by atoms with Gasteiger partial charge in [-0.2, -0.15) is 5.10 Å². The van der Waals surface area contributed by atoms with Crippen LogP contribution in [0.5, 0.6) is 11.5 Å². The van der Waals surface area contributed by atoms with Crippen LogP contribution in [0, 0.1) is 5.82 Å². The molecule has 3 aromatic rings. The van der Waals surface area contributed by atoms with Gasteiger partial charge in [-0.25, -0.2) is 14.6 Å². The predicted octanol–water partition coefficient (Wildman–Crippen LogP) is 3.89. The Kier molecular flexibility index (Phi) is 7.57. The van der Waals surface area contributed by atoms with E-state index in [1.165, 1.54) is 43.7 Å². The van der Waals surface area contributed by atoms with E-state index in [0.717, 1.165) is 6.07 Å². The number of amides is 2. The van der Waals surface area contributed by atoms with Crippen LogP contribution < -0.4 is 20.2 Å². The maximum atomic E-state index is 13.8. The van der Waals surface area contributed by atoms with E-state index in [-0.39, 0.29) is 22.9 Å². The number of rotatable bonds is 6. The Morgan fingerprint density at radius 3 is 2.52 bits per heavy atom.